The number of phenolic OH excluding ortho intramolecular Hbond substituents is 1. The molecule has 0 radical (unpaired) electrons. The zero-order valence-electron chi connectivity index (χ0n) is 12.3. The van der Waals surface area contributed by atoms with Gasteiger partial charge < -0.3 is 20.7 Å². The van der Waals surface area contributed by atoms with Gasteiger partial charge in [-0.25, -0.2) is 9.59 Å². The van der Waals surface area contributed by atoms with Gasteiger partial charge in [-0.05, 0) is 29.7 Å². The fourth-order valence-corrected chi connectivity index (χ4v) is 1.97. The highest BCUT2D eigenvalue weighted by Gasteiger charge is 2.25. The molecule has 2 atom stereocenters. The van der Waals surface area contributed by atoms with Gasteiger partial charge in [0.1, 0.15) is 11.8 Å². The van der Waals surface area contributed by atoms with E-state index in [4.69, 9.17) is 5.73 Å². The molecule has 2 aromatic carbocycles. The average Bonchev–Trinajstić information content (AvgIpc) is 2.56. The van der Waals surface area contributed by atoms with E-state index in [0.29, 0.717) is 11.1 Å². The number of nitrogens with two attached hydrogens (primary N) is 1. The van der Waals surface area contributed by atoms with Crippen LogP contribution in [0.1, 0.15) is 17.2 Å². The molecule has 0 unspecified atom stereocenters. The van der Waals surface area contributed by atoms with Crippen molar-refractivity contribution in [2.24, 2.45) is 5.73 Å². The van der Waals surface area contributed by atoms with E-state index in [1.165, 1.54) is 12.1 Å². The summed E-state index contributed by atoms with van der Waals surface area (Å²) in [5, 5.41) is 19.0. The number of aromatic hydroxyl groups is 1. The third kappa shape index (κ3) is 4.64. The molecule has 0 aromatic heterocycles. The van der Waals surface area contributed by atoms with Crippen molar-refractivity contribution in [1.82, 2.24) is 0 Å². The van der Waals surface area contributed by atoms with Crippen LogP contribution in [-0.4, -0.2) is 28.2 Å². The Kier molecular flexibility index (Phi) is 5.46. The van der Waals surface area contributed by atoms with Gasteiger partial charge in [-0.15, -0.1) is 0 Å². The molecular weight excluding hydrogens is 298 g/mol. The first-order chi connectivity index (χ1) is 11.0. The number of hydrogen-bond acceptors (Lipinski definition) is 6. The highest BCUT2D eigenvalue weighted by atomic mass is 16.6. The first-order valence-corrected chi connectivity index (χ1v) is 6.99. The molecule has 0 heterocycles. The highest BCUT2D eigenvalue weighted by molar-refractivity contribution is 5.90. The molecular formula is C17H17NO5. The van der Waals surface area contributed by atoms with Crippen LogP contribution in [0.15, 0.2) is 54.6 Å². The van der Waals surface area contributed by atoms with Gasteiger partial charge in [-0.3, -0.25) is 0 Å². The van der Waals surface area contributed by atoms with Crippen molar-refractivity contribution in [3.8, 4) is 5.75 Å². The molecule has 0 saturated carbocycles. The molecule has 0 fully saturated rings. The van der Waals surface area contributed by atoms with Crippen LogP contribution in [0.3, 0.4) is 0 Å². The summed E-state index contributed by atoms with van der Waals surface area (Å²) in [6, 6.07) is 13.3. The van der Waals surface area contributed by atoms with Gasteiger partial charge in [0.2, 0.25) is 0 Å². The lowest BCUT2D eigenvalue weighted by atomic mass is 10.1. The van der Waals surface area contributed by atoms with Crippen LogP contribution in [0.4, 0.5) is 0 Å². The Balaban J connectivity index is 1.92. The Labute approximate surface area is 133 Å². The van der Waals surface area contributed by atoms with E-state index in [0.717, 1.165) is 0 Å². The fourth-order valence-electron chi connectivity index (χ4n) is 1.97. The van der Waals surface area contributed by atoms with Gasteiger partial charge >= 0.3 is 11.9 Å². The Morgan fingerprint density at radius 1 is 1.00 bits per heavy atom. The van der Waals surface area contributed by atoms with E-state index in [9.17, 15) is 19.8 Å². The second kappa shape index (κ2) is 7.53. The van der Waals surface area contributed by atoms with Crippen molar-refractivity contribution in [1.29, 1.82) is 0 Å². The lowest BCUT2D eigenvalue weighted by molar-refractivity contribution is -0.167. The molecule has 120 valence electrons. The van der Waals surface area contributed by atoms with E-state index in [2.05, 4.69) is 4.74 Å². The largest absolute Gasteiger partial charge is 0.508 e. The molecule has 6 heteroatoms. The monoisotopic (exact) mass is 315 g/mol. The number of aliphatic hydroxyl groups is 1. The standard InChI is InChI=1S/C17H17NO5/c18-14(10-11-6-8-13(19)9-7-11)16(21)23-17(22)15(20)12-4-2-1-3-5-12/h1-9,14-15,19-20H,10,18H2/t14-,15+/m0/s1. The minimum Gasteiger partial charge on any atom is -0.508 e. The molecule has 4 N–H and O–H groups in total. The van der Waals surface area contributed by atoms with Crippen LogP contribution in [-0.2, 0) is 20.7 Å². The third-order valence-electron chi connectivity index (χ3n) is 3.23. The summed E-state index contributed by atoms with van der Waals surface area (Å²) in [4.78, 5) is 23.6. The Morgan fingerprint density at radius 3 is 2.22 bits per heavy atom. The highest BCUT2D eigenvalue weighted by Crippen LogP contribution is 2.15. The van der Waals surface area contributed by atoms with Gasteiger partial charge in [-0.2, -0.15) is 0 Å². The summed E-state index contributed by atoms with van der Waals surface area (Å²) in [7, 11) is 0. The van der Waals surface area contributed by atoms with E-state index >= 15 is 0 Å². The SMILES string of the molecule is N[C@@H](Cc1ccc(O)cc1)C(=O)OC(=O)[C@H](O)c1ccccc1. The van der Waals surface area contributed by atoms with Crippen LogP contribution in [0.25, 0.3) is 0 Å². The van der Waals surface area contributed by atoms with E-state index in [1.54, 1.807) is 42.5 Å². The Morgan fingerprint density at radius 2 is 1.61 bits per heavy atom. The summed E-state index contributed by atoms with van der Waals surface area (Å²) >= 11 is 0. The maximum atomic E-state index is 11.8. The summed E-state index contributed by atoms with van der Waals surface area (Å²) in [5.41, 5.74) is 6.75. The second-order valence-corrected chi connectivity index (χ2v) is 5.03. The maximum Gasteiger partial charge on any atom is 0.347 e. The molecule has 0 aliphatic carbocycles. The van der Waals surface area contributed by atoms with Crippen molar-refractivity contribution < 1.29 is 24.5 Å². The van der Waals surface area contributed by atoms with E-state index < -0.39 is 24.1 Å². The lowest BCUT2D eigenvalue weighted by Crippen LogP contribution is -2.36. The molecule has 0 spiro atoms. The van der Waals surface area contributed by atoms with Gasteiger partial charge in [-0.1, -0.05) is 42.5 Å². The van der Waals surface area contributed by atoms with E-state index in [-0.39, 0.29) is 12.2 Å². The van der Waals surface area contributed by atoms with E-state index in [1.807, 2.05) is 0 Å². The molecule has 2 aromatic rings. The molecule has 2 rings (SSSR count). The number of aliphatic hydroxyl groups excluding tert-OH is 1. The van der Waals surface area contributed by atoms with Crippen LogP contribution in [0.2, 0.25) is 0 Å². The minimum absolute atomic E-state index is 0.103. The number of rotatable bonds is 5. The fraction of sp³-hybridized carbons (Fsp3) is 0.176. The van der Waals surface area contributed by atoms with Crippen LogP contribution >= 0.6 is 0 Å². The lowest BCUT2D eigenvalue weighted by Gasteiger charge is -2.13. The quantitative estimate of drug-likeness (QED) is 0.562. The summed E-state index contributed by atoms with van der Waals surface area (Å²) in [6.07, 6.45) is -1.39. The van der Waals surface area contributed by atoms with Crippen molar-refractivity contribution >= 4 is 11.9 Å². The van der Waals surface area contributed by atoms with Crippen LogP contribution in [0, 0.1) is 0 Å². The zero-order valence-corrected chi connectivity index (χ0v) is 12.3. The summed E-state index contributed by atoms with van der Waals surface area (Å²) in [5.74, 6) is -1.88. The predicted octanol–water partition coefficient (Wildman–Crippen LogP) is 1.07. The normalized spacial score (nSPS) is 13.1. The predicted molar refractivity (Wildman–Crippen MR) is 82.3 cm³/mol. The first kappa shape index (κ1) is 16.7. The third-order valence-corrected chi connectivity index (χ3v) is 3.23. The molecule has 0 amide bonds. The van der Waals surface area contributed by atoms with Crippen LogP contribution in [0.5, 0.6) is 5.75 Å². The van der Waals surface area contributed by atoms with Gasteiger partial charge in [0.25, 0.3) is 0 Å². The van der Waals surface area contributed by atoms with Gasteiger partial charge in [0.15, 0.2) is 6.10 Å². The van der Waals surface area contributed by atoms with Gasteiger partial charge in [0, 0.05) is 0 Å². The molecule has 0 saturated heterocycles. The topological polar surface area (TPSA) is 110 Å². The second-order valence-electron chi connectivity index (χ2n) is 5.03. The van der Waals surface area contributed by atoms with Crippen molar-refractivity contribution in [3.05, 3.63) is 65.7 Å². The summed E-state index contributed by atoms with van der Waals surface area (Å²) < 4.78 is 4.62. The average molecular weight is 315 g/mol. The first-order valence-electron chi connectivity index (χ1n) is 6.99. The number of carbonyl (C=O) groups is 2. The Bertz CT molecular complexity index is 669. The zero-order chi connectivity index (χ0) is 16.8. The number of benzene rings is 2. The number of carbonyl (C=O) groups excluding carboxylic acids is 2. The van der Waals surface area contributed by atoms with Crippen molar-refractivity contribution in [3.63, 3.8) is 0 Å². The molecule has 0 bridgehead atoms. The Hall–Kier alpha value is -2.70. The number of ether oxygens (including phenoxy) is 1. The number of esters is 2. The molecule has 0 aliphatic heterocycles. The molecule has 0 aliphatic rings. The minimum atomic E-state index is -1.54. The van der Waals surface area contributed by atoms with Gasteiger partial charge in [0.05, 0.1) is 0 Å². The summed E-state index contributed by atoms with van der Waals surface area (Å²) in [6.45, 7) is 0. The smallest absolute Gasteiger partial charge is 0.347 e. The maximum absolute atomic E-state index is 11.8. The molecule has 23 heavy (non-hydrogen) atoms. The van der Waals surface area contributed by atoms with Crippen molar-refractivity contribution in [2.45, 2.75) is 18.6 Å². The number of hydrogen-bond donors (Lipinski definition) is 3. The molecule has 6 nitrogen and oxygen atoms in total. The number of phenols is 1. The van der Waals surface area contributed by atoms with Crippen molar-refractivity contribution in [2.75, 3.05) is 0 Å². The van der Waals surface area contributed by atoms with Crippen LogP contribution < -0.4 is 5.73 Å².